The number of alkyl halides is 2. The van der Waals surface area contributed by atoms with E-state index in [1.165, 1.54) is 36.4 Å². The third-order valence-corrected chi connectivity index (χ3v) is 11.3. The molecule has 0 bridgehead atoms. The van der Waals surface area contributed by atoms with E-state index in [4.69, 9.17) is 6.57 Å². The van der Waals surface area contributed by atoms with Crippen molar-refractivity contribution in [2.45, 2.75) is 23.1 Å². The van der Waals surface area contributed by atoms with E-state index >= 15 is 13.2 Å². The van der Waals surface area contributed by atoms with Crippen LogP contribution in [0.1, 0.15) is 24.5 Å². The Morgan fingerprint density at radius 1 is 0.811 bits per heavy atom. The molecule has 0 unspecified atom stereocenters. The average Bonchev–Trinajstić information content (AvgIpc) is 3.45. The van der Waals surface area contributed by atoms with Crippen molar-refractivity contribution in [1.82, 2.24) is 8.69 Å². The van der Waals surface area contributed by atoms with Crippen LogP contribution in [0, 0.1) is 35.4 Å². The van der Waals surface area contributed by atoms with E-state index < -0.39 is 70.7 Å². The number of hydrogen-bond donors (Lipinski definition) is 1. The van der Waals surface area contributed by atoms with E-state index in [0.717, 1.165) is 59.4 Å². The van der Waals surface area contributed by atoms with Crippen molar-refractivity contribution in [3.05, 3.63) is 137 Å². The highest BCUT2D eigenvalue weighted by Crippen LogP contribution is 2.48. The molecule has 0 saturated heterocycles. The molecule has 266 valence electrons. The fourth-order valence-electron chi connectivity index (χ4n) is 5.93. The SMILES string of the molecule is [C-]#[N+]c1cccc(C#N)c1-c1c(-c2cccc(-c3c(F)cc(S(=O)(=O)NC(C)=O)cc3F)c2)n(S(=O)(=O)c2ccc(C(F)F)cc2)c2ccc(F)cc12. The lowest BCUT2D eigenvalue weighted by Crippen LogP contribution is -2.28. The Labute approximate surface area is 299 Å². The molecule has 0 aliphatic carbocycles. The molecule has 9 nitrogen and oxygen atoms in total. The van der Waals surface area contributed by atoms with E-state index in [1.54, 1.807) is 4.72 Å². The van der Waals surface area contributed by atoms with Crippen LogP contribution in [0.15, 0.2) is 107 Å². The molecule has 6 aromatic rings. The highest BCUT2D eigenvalue weighted by Gasteiger charge is 2.32. The van der Waals surface area contributed by atoms with Gasteiger partial charge in [0.25, 0.3) is 26.5 Å². The van der Waals surface area contributed by atoms with Crippen LogP contribution in [0.5, 0.6) is 0 Å². The summed E-state index contributed by atoms with van der Waals surface area (Å²) in [4.78, 5) is 13.5. The Balaban J connectivity index is 1.73. The summed E-state index contributed by atoms with van der Waals surface area (Å²) in [6, 6.07) is 18.9. The number of carbonyl (C=O) groups is 1. The molecule has 1 heterocycles. The number of carbonyl (C=O) groups excluding carboxylic acids is 1. The largest absolute Gasteiger partial charge is 0.274 e. The van der Waals surface area contributed by atoms with Gasteiger partial charge in [-0.25, -0.2) is 52.3 Å². The van der Waals surface area contributed by atoms with Gasteiger partial charge >= 0.3 is 0 Å². The summed E-state index contributed by atoms with van der Waals surface area (Å²) < 4.78 is 130. The highest BCUT2D eigenvalue weighted by molar-refractivity contribution is 7.90. The Hall–Kier alpha value is -6.36. The summed E-state index contributed by atoms with van der Waals surface area (Å²) in [7, 11) is -9.46. The van der Waals surface area contributed by atoms with Gasteiger partial charge in [-0.15, -0.1) is 0 Å². The number of nitrogens with zero attached hydrogens (tertiary/aromatic N) is 3. The van der Waals surface area contributed by atoms with Gasteiger partial charge < -0.3 is 0 Å². The summed E-state index contributed by atoms with van der Waals surface area (Å²) in [5.41, 5.74) is -2.42. The monoisotopic (exact) mass is 760 g/mol. The number of halogens is 5. The van der Waals surface area contributed by atoms with Gasteiger partial charge in [0.1, 0.15) is 17.5 Å². The van der Waals surface area contributed by atoms with Gasteiger partial charge in [-0.3, -0.25) is 4.79 Å². The van der Waals surface area contributed by atoms with Crippen LogP contribution in [0.2, 0.25) is 0 Å². The molecule has 16 heteroatoms. The minimum Gasteiger partial charge on any atom is -0.274 e. The molecular formula is C37H21F5N4O5S2. The van der Waals surface area contributed by atoms with Crippen LogP contribution in [-0.4, -0.2) is 26.7 Å². The van der Waals surface area contributed by atoms with Crippen molar-refractivity contribution in [3.63, 3.8) is 0 Å². The number of nitriles is 1. The first-order valence-electron chi connectivity index (χ1n) is 15.1. The zero-order chi connectivity index (χ0) is 38.4. The smallest absolute Gasteiger partial charge is 0.268 e. The number of nitrogens with one attached hydrogen (secondary N) is 1. The Kier molecular flexibility index (Phi) is 9.38. The number of rotatable bonds is 8. The quantitative estimate of drug-likeness (QED) is 0.122. The lowest BCUT2D eigenvalue weighted by atomic mass is 9.92. The summed E-state index contributed by atoms with van der Waals surface area (Å²) in [6.45, 7) is 8.74. The van der Waals surface area contributed by atoms with Crippen LogP contribution in [0.25, 0.3) is 49.3 Å². The third kappa shape index (κ3) is 6.50. The number of sulfonamides is 1. The van der Waals surface area contributed by atoms with Crippen LogP contribution in [0.3, 0.4) is 0 Å². The maximum Gasteiger partial charge on any atom is 0.268 e. The molecule has 0 atom stereocenters. The van der Waals surface area contributed by atoms with Crippen LogP contribution in [0.4, 0.5) is 27.6 Å². The maximum atomic E-state index is 15.6. The molecule has 1 aromatic heterocycles. The van der Waals surface area contributed by atoms with Crippen LogP contribution >= 0.6 is 0 Å². The van der Waals surface area contributed by atoms with E-state index in [9.17, 15) is 35.7 Å². The average molecular weight is 761 g/mol. The molecule has 5 aromatic carbocycles. The Morgan fingerprint density at radius 3 is 2.06 bits per heavy atom. The number of hydrogen-bond acceptors (Lipinski definition) is 6. The number of amides is 1. The van der Waals surface area contributed by atoms with Gasteiger partial charge in [-0.2, -0.15) is 5.26 Å². The van der Waals surface area contributed by atoms with Gasteiger partial charge in [0, 0.05) is 40.1 Å². The summed E-state index contributed by atoms with van der Waals surface area (Å²) in [5.74, 6) is -4.57. The number of benzene rings is 5. The minimum absolute atomic E-state index is 0.0840. The summed E-state index contributed by atoms with van der Waals surface area (Å²) >= 11 is 0. The highest BCUT2D eigenvalue weighted by atomic mass is 32.2. The first-order valence-corrected chi connectivity index (χ1v) is 18.0. The molecular weight excluding hydrogens is 740 g/mol. The lowest BCUT2D eigenvalue weighted by molar-refractivity contribution is -0.117. The van der Waals surface area contributed by atoms with E-state index in [2.05, 4.69) is 4.85 Å². The van der Waals surface area contributed by atoms with Gasteiger partial charge in [0.2, 0.25) is 5.91 Å². The first kappa shape index (κ1) is 36.4. The van der Waals surface area contributed by atoms with E-state index in [-0.39, 0.29) is 50.1 Å². The van der Waals surface area contributed by atoms with Gasteiger partial charge in [-0.05, 0) is 60.2 Å². The summed E-state index contributed by atoms with van der Waals surface area (Å²) in [6.07, 6.45) is -2.91. The molecule has 53 heavy (non-hydrogen) atoms. The molecule has 0 aliphatic rings. The van der Waals surface area contributed by atoms with Gasteiger partial charge in [-0.1, -0.05) is 42.5 Å². The Morgan fingerprint density at radius 2 is 1.45 bits per heavy atom. The van der Waals surface area contributed by atoms with Crippen molar-refractivity contribution in [1.29, 1.82) is 5.26 Å². The predicted octanol–water partition coefficient (Wildman–Crippen LogP) is 8.48. The first-order chi connectivity index (χ1) is 25.1. The van der Waals surface area contributed by atoms with Crippen molar-refractivity contribution < 1.29 is 43.6 Å². The van der Waals surface area contributed by atoms with Crippen LogP contribution in [-0.2, 0) is 24.8 Å². The summed E-state index contributed by atoms with van der Waals surface area (Å²) in [5, 5.41) is 10.0. The standard InChI is InChI=1S/C37H21F5N4O5S2/c1-20(47)45-52(48,49)27-17-29(39)33(30(40)18-27)22-5-3-6-23(15-22)36-35(34-24(19-43)7-4-8-31(34)44-2)28-16-25(38)11-14-32(28)46(36)53(50,51)26-12-9-21(10-13-26)37(41)42/h3-18,37H,1H3,(H,45,47). The molecule has 0 fully saturated rings. The fourth-order valence-corrected chi connectivity index (χ4v) is 8.49. The van der Waals surface area contributed by atoms with Crippen molar-refractivity contribution in [3.8, 4) is 39.6 Å². The van der Waals surface area contributed by atoms with E-state index in [1.807, 2.05) is 6.07 Å². The zero-order valence-corrected chi connectivity index (χ0v) is 28.5. The molecule has 6 rings (SSSR count). The molecule has 0 radical (unpaired) electrons. The predicted molar refractivity (Wildman–Crippen MR) is 184 cm³/mol. The molecule has 1 amide bonds. The molecule has 0 spiro atoms. The lowest BCUT2D eigenvalue weighted by Gasteiger charge is -2.16. The maximum absolute atomic E-state index is 15.6. The number of aromatic nitrogens is 1. The molecule has 0 aliphatic heterocycles. The fraction of sp³-hybridized carbons (Fsp3) is 0.0541. The second-order valence-electron chi connectivity index (χ2n) is 11.5. The topological polar surface area (TPSA) is 130 Å². The van der Waals surface area contributed by atoms with Gasteiger partial charge in [0.15, 0.2) is 5.69 Å². The van der Waals surface area contributed by atoms with Crippen molar-refractivity contribution >= 4 is 42.5 Å². The molecule has 0 saturated carbocycles. The normalized spacial score (nSPS) is 11.7. The van der Waals surface area contributed by atoms with Crippen molar-refractivity contribution in [2.75, 3.05) is 0 Å². The Bertz CT molecular complexity index is 2750. The zero-order valence-electron chi connectivity index (χ0n) is 26.9. The van der Waals surface area contributed by atoms with Gasteiger partial charge in [0.05, 0.1) is 39.2 Å². The molecule has 1 N–H and O–H groups in total. The minimum atomic E-state index is -4.81. The van der Waals surface area contributed by atoms with Crippen molar-refractivity contribution in [2.24, 2.45) is 0 Å². The van der Waals surface area contributed by atoms with E-state index in [0.29, 0.717) is 12.1 Å². The second kappa shape index (κ2) is 13.6. The number of fused-ring (bicyclic) bond motifs is 1. The second-order valence-corrected chi connectivity index (χ2v) is 14.9. The van der Waals surface area contributed by atoms with Crippen LogP contribution < -0.4 is 4.72 Å². The third-order valence-electron chi connectivity index (χ3n) is 8.12.